The number of likely N-dealkylation sites (N-methyl/N-ethyl adjacent to an activating group) is 1. The molecular formula is C26H24FN3O3. The quantitative estimate of drug-likeness (QED) is 0.564. The van der Waals surface area contributed by atoms with Gasteiger partial charge in [-0.2, -0.15) is 0 Å². The molecule has 3 aromatic carbocycles. The highest BCUT2D eigenvalue weighted by Gasteiger charge is 2.34. The average Bonchev–Trinajstić information content (AvgIpc) is 3.04. The molecule has 3 amide bonds. The van der Waals surface area contributed by atoms with Gasteiger partial charge in [-0.15, -0.1) is 0 Å². The van der Waals surface area contributed by atoms with E-state index in [-0.39, 0.29) is 36.1 Å². The zero-order valence-electron chi connectivity index (χ0n) is 18.4. The first-order valence-electron chi connectivity index (χ1n) is 10.6. The second-order valence-corrected chi connectivity index (χ2v) is 8.18. The van der Waals surface area contributed by atoms with Gasteiger partial charge in [-0.3, -0.25) is 19.3 Å². The van der Waals surface area contributed by atoms with E-state index in [0.717, 1.165) is 11.1 Å². The van der Waals surface area contributed by atoms with E-state index in [1.165, 1.54) is 17.0 Å². The molecule has 0 bridgehead atoms. The molecule has 33 heavy (non-hydrogen) atoms. The van der Waals surface area contributed by atoms with Crippen LogP contribution in [0.15, 0.2) is 72.8 Å². The molecular weight excluding hydrogens is 421 g/mol. The number of halogens is 1. The van der Waals surface area contributed by atoms with E-state index in [2.05, 4.69) is 5.32 Å². The third-order valence-electron chi connectivity index (χ3n) is 5.75. The number of rotatable bonds is 7. The molecule has 1 heterocycles. The van der Waals surface area contributed by atoms with Crippen molar-refractivity contribution >= 4 is 17.7 Å². The smallest absolute Gasteiger partial charge is 0.261 e. The summed E-state index contributed by atoms with van der Waals surface area (Å²) in [6, 6.07) is 19.7. The molecule has 1 N–H and O–H groups in total. The maximum absolute atomic E-state index is 13.6. The molecule has 168 valence electrons. The van der Waals surface area contributed by atoms with Crippen LogP contribution in [0.5, 0.6) is 0 Å². The van der Waals surface area contributed by atoms with Crippen molar-refractivity contribution in [1.29, 1.82) is 0 Å². The van der Waals surface area contributed by atoms with Crippen LogP contribution >= 0.6 is 0 Å². The van der Waals surface area contributed by atoms with Gasteiger partial charge in [-0.05, 0) is 61.6 Å². The van der Waals surface area contributed by atoms with Crippen LogP contribution in [0.1, 0.15) is 48.2 Å². The van der Waals surface area contributed by atoms with Crippen molar-refractivity contribution in [2.24, 2.45) is 0 Å². The summed E-state index contributed by atoms with van der Waals surface area (Å²) in [5.41, 5.74) is 2.79. The fraction of sp³-hybridized carbons (Fsp3) is 0.192. The zero-order valence-corrected chi connectivity index (χ0v) is 18.4. The van der Waals surface area contributed by atoms with Gasteiger partial charge in [0.1, 0.15) is 5.82 Å². The van der Waals surface area contributed by atoms with Crippen LogP contribution in [0.4, 0.5) is 4.39 Å². The maximum atomic E-state index is 13.6. The lowest BCUT2D eigenvalue weighted by molar-refractivity contribution is 0.0641. The monoisotopic (exact) mass is 445 g/mol. The molecule has 1 aliphatic heterocycles. The average molecular weight is 445 g/mol. The van der Waals surface area contributed by atoms with E-state index >= 15 is 0 Å². The zero-order chi connectivity index (χ0) is 23.5. The number of fused-ring (bicyclic) bond motifs is 1. The van der Waals surface area contributed by atoms with Gasteiger partial charge >= 0.3 is 0 Å². The molecule has 0 saturated carbocycles. The van der Waals surface area contributed by atoms with Crippen molar-refractivity contribution in [3.8, 4) is 0 Å². The van der Waals surface area contributed by atoms with Gasteiger partial charge < -0.3 is 10.2 Å². The summed E-state index contributed by atoms with van der Waals surface area (Å²) < 4.78 is 13.6. The molecule has 1 aliphatic rings. The fourth-order valence-corrected chi connectivity index (χ4v) is 3.93. The molecule has 1 unspecified atom stereocenters. The molecule has 0 radical (unpaired) electrons. The number of benzene rings is 3. The lowest BCUT2D eigenvalue weighted by atomic mass is 10.1. The predicted molar refractivity (Wildman–Crippen MR) is 122 cm³/mol. The fourth-order valence-electron chi connectivity index (χ4n) is 3.93. The second-order valence-electron chi connectivity index (χ2n) is 8.18. The minimum absolute atomic E-state index is 0.135. The molecule has 1 atom stereocenters. The molecule has 0 aliphatic carbocycles. The van der Waals surface area contributed by atoms with Crippen molar-refractivity contribution in [1.82, 2.24) is 15.1 Å². The number of nitrogens with zero attached hydrogens (tertiary/aromatic N) is 2. The highest BCUT2D eigenvalue weighted by atomic mass is 19.1. The first-order chi connectivity index (χ1) is 15.8. The molecule has 0 fully saturated rings. The van der Waals surface area contributed by atoms with Crippen LogP contribution in [0.3, 0.4) is 0 Å². The van der Waals surface area contributed by atoms with Gasteiger partial charge in [-0.25, -0.2) is 4.39 Å². The summed E-state index contributed by atoms with van der Waals surface area (Å²) >= 11 is 0. The van der Waals surface area contributed by atoms with Crippen molar-refractivity contribution in [2.75, 3.05) is 20.6 Å². The Hall–Kier alpha value is -3.84. The third-order valence-corrected chi connectivity index (χ3v) is 5.75. The van der Waals surface area contributed by atoms with E-state index in [4.69, 9.17) is 0 Å². The minimum atomic E-state index is -0.320. The highest BCUT2D eigenvalue weighted by molar-refractivity contribution is 6.21. The summed E-state index contributed by atoms with van der Waals surface area (Å²) in [5, 5.41) is 2.90. The first-order valence-corrected chi connectivity index (χ1v) is 10.6. The number of amides is 3. The van der Waals surface area contributed by atoms with Gasteiger partial charge in [0.2, 0.25) is 0 Å². The van der Waals surface area contributed by atoms with E-state index < -0.39 is 0 Å². The lowest BCUT2D eigenvalue weighted by Gasteiger charge is -2.25. The first kappa shape index (κ1) is 22.4. The molecule has 4 rings (SSSR count). The normalized spacial score (nSPS) is 13.9. The number of hydrogen-bond donors (Lipinski definition) is 1. The second kappa shape index (κ2) is 9.34. The molecule has 6 nitrogen and oxygen atoms in total. The summed E-state index contributed by atoms with van der Waals surface area (Å²) in [4.78, 5) is 40.9. The standard InChI is InChI=1S/C26H24FN3O3/c1-29(2)23(19-6-5-7-20(27)14-19)15-28-24(31)18-12-10-17(11-13-18)16-30-25(32)21-8-3-4-9-22(21)26(30)33/h3-14,23H,15-16H2,1-2H3,(H,28,31). The molecule has 0 spiro atoms. The summed E-state index contributed by atoms with van der Waals surface area (Å²) in [7, 11) is 3.74. The summed E-state index contributed by atoms with van der Waals surface area (Å²) in [6.45, 7) is 0.447. The molecule has 0 saturated heterocycles. The van der Waals surface area contributed by atoms with Crippen LogP contribution in [-0.4, -0.2) is 48.2 Å². The van der Waals surface area contributed by atoms with Crippen LogP contribution in [-0.2, 0) is 6.54 Å². The van der Waals surface area contributed by atoms with Crippen LogP contribution in [0, 0.1) is 5.82 Å². The van der Waals surface area contributed by atoms with Crippen molar-refractivity contribution < 1.29 is 18.8 Å². The molecule has 0 aromatic heterocycles. The molecule has 3 aromatic rings. The van der Waals surface area contributed by atoms with E-state index in [1.54, 1.807) is 54.6 Å². The van der Waals surface area contributed by atoms with Crippen LogP contribution in [0.2, 0.25) is 0 Å². The van der Waals surface area contributed by atoms with E-state index in [0.29, 0.717) is 23.2 Å². The Morgan fingerprint density at radius 3 is 2.15 bits per heavy atom. The number of imide groups is 1. The molecule has 7 heteroatoms. The number of hydrogen-bond acceptors (Lipinski definition) is 4. The summed E-state index contributed by atoms with van der Waals surface area (Å²) in [6.07, 6.45) is 0. The third kappa shape index (κ3) is 4.68. The van der Waals surface area contributed by atoms with Gasteiger partial charge in [-0.1, -0.05) is 36.4 Å². The largest absolute Gasteiger partial charge is 0.350 e. The number of carbonyl (C=O) groups is 3. The Labute approximate surface area is 191 Å². The maximum Gasteiger partial charge on any atom is 0.261 e. The van der Waals surface area contributed by atoms with E-state index in [1.807, 2.05) is 25.1 Å². The topological polar surface area (TPSA) is 69.7 Å². The highest BCUT2D eigenvalue weighted by Crippen LogP contribution is 2.24. The minimum Gasteiger partial charge on any atom is -0.350 e. The van der Waals surface area contributed by atoms with Gasteiger partial charge in [0.15, 0.2) is 0 Å². The van der Waals surface area contributed by atoms with Crippen molar-refractivity contribution in [3.05, 3.63) is 106 Å². The SMILES string of the molecule is CN(C)C(CNC(=O)c1ccc(CN2C(=O)c3ccccc3C2=O)cc1)c1cccc(F)c1. The van der Waals surface area contributed by atoms with Gasteiger partial charge in [0.25, 0.3) is 17.7 Å². The Morgan fingerprint density at radius 1 is 0.939 bits per heavy atom. The lowest BCUT2D eigenvalue weighted by Crippen LogP contribution is -2.34. The Kier molecular flexibility index (Phi) is 6.33. The van der Waals surface area contributed by atoms with Crippen molar-refractivity contribution in [3.63, 3.8) is 0 Å². The van der Waals surface area contributed by atoms with Gasteiger partial charge in [0, 0.05) is 12.1 Å². The Morgan fingerprint density at radius 2 is 1.58 bits per heavy atom. The number of carbonyl (C=O) groups excluding carboxylic acids is 3. The van der Waals surface area contributed by atoms with Crippen LogP contribution in [0.25, 0.3) is 0 Å². The predicted octanol–water partition coefficient (Wildman–Crippen LogP) is 3.65. The number of nitrogens with one attached hydrogen (secondary N) is 1. The van der Waals surface area contributed by atoms with E-state index in [9.17, 15) is 18.8 Å². The Balaban J connectivity index is 1.39. The summed E-state index contributed by atoms with van der Waals surface area (Å²) in [5.74, 6) is -1.21. The van der Waals surface area contributed by atoms with Crippen molar-refractivity contribution in [2.45, 2.75) is 12.6 Å². The Bertz CT molecular complexity index is 1170. The van der Waals surface area contributed by atoms with Gasteiger partial charge in [0.05, 0.1) is 23.7 Å². The van der Waals surface area contributed by atoms with Crippen LogP contribution < -0.4 is 5.32 Å².